The molecule has 0 heterocycles. The number of benzene rings is 2. The van der Waals surface area contributed by atoms with Crippen LogP contribution in [0.4, 0.5) is 11.4 Å². The molecule has 0 unspecified atom stereocenters. The number of para-hydroxylation sites is 2. The molecule has 0 aromatic heterocycles. The molecule has 156 valence electrons. The fraction of sp³-hybridized carbons (Fsp3) is 0.409. The highest BCUT2D eigenvalue weighted by molar-refractivity contribution is 7.89. The molecule has 3 rings (SSSR count). The average Bonchev–Trinajstić information content (AvgIpc) is 2.74. The van der Waals surface area contributed by atoms with Crippen molar-refractivity contribution in [3.8, 4) is 0 Å². The summed E-state index contributed by atoms with van der Waals surface area (Å²) >= 11 is 0. The lowest BCUT2D eigenvalue weighted by atomic mass is 9.96. The SMILES string of the molecule is CN(C)c1ccccc1NC(=O)c1ccc(S(=O)(=O)N(C)C2CCCCC2)cc1. The molecule has 0 atom stereocenters. The molecule has 29 heavy (non-hydrogen) atoms. The van der Waals surface area contributed by atoms with Gasteiger partial charge in [-0.15, -0.1) is 0 Å². The van der Waals surface area contributed by atoms with E-state index in [4.69, 9.17) is 0 Å². The minimum atomic E-state index is -3.56. The molecule has 0 saturated heterocycles. The molecule has 0 aliphatic heterocycles. The monoisotopic (exact) mass is 415 g/mol. The van der Waals surface area contributed by atoms with Crippen LogP contribution in [0.1, 0.15) is 42.5 Å². The van der Waals surface area contributed by atoms with Crippen LogP contribution in [0.15, 0.2) is 53.4 Å². The molecule has 1 aliphatic carbocycles. The molecular formula is C22H29N3O3S. The van der Waals surface area contributed by atoms with Crippen molar-refractivity contribution in [2.45, 2.75) is 43.0 Å². The van der Waals surface area contributed by atoms with E-state index in [1.807, 2.05) is 43.3 Å². The minimum absolute atomic E-state index is 0.0549. The lowest BCUT2D eigenvalue weighted by Gasteiger charge is -2.30. The molecule has 1 saturated carbocycles. The van der Waals surface area contributed by atoms with Crippen LogP contribution in [-0.4, -0.2) is 45.8 Å². The highest BCUT2D eigenvalue weighted by atomic mass is 32.2. The van der Waals surface area contributed by atoms with E-state index in [1.165, 1.54) is 22.9 Å². The molecular weight excluding hydrogens is 386 g/mol. The maximum atomic E-state index is 12.9. The van der Waals surface area contributed by atoms with Crippen molar-refractivity contribution in [3.05, 3.63) is 54.1 Å². The predicted octanol–water partition coefficient (Wildman–Crippen LogP) is 3.96. The van der Waals surface area contributed by atoms with Crippen molar-refractivity contribution in [2.24, 2.45) is 0 Å². The first kappa shape index (κ1) is 21.3. The van der Waals surface area contributed by atoms with Crippen molar-refractivity contribution in [1.29, 1.82) is 0 Å². The number of hydrogen-bond donors (Lipinski definition) is 1. The summed E-state index contributed by atoms with van der Waals surface area (Å²) in [6.45, 7) is 0. The quantitative estimate of drug-likeness (QED) is 0.775. The number of nitrogens with one attached hydrogen (secondary N) is 1. The Morgan fingerprint density at radius 1 is 0.931 bits per heavy atom. The van der Waals surface area contributed by atoms with Crippen molar-refractivity contribution < 1.29 is 13.2 Å². The average molecular weight is 416 g/mol. The predicted molar refractivity (Wildman–Crippen MR) is 117 cm³/mol. The summed E-state index contributed by atoms with van der Waals surface area (Å²) in [6.07, 6.45) is 5.12. The number of carbonyl (C=O) groups is 1. The van der Waals surface area contributed by atoms with E-state index in [-0.39, 0.29) is 16.8 Å². The van der Waals surface area contributed by atoms with Crippen LogP contribution in [-0.2, 0) is 10.0 Å². The Labute approximate surface area is 173 Å². The zero-order valence-corrected chi connectivity index (χ0v) is 18.1. The molecule has 1 fully saturated rings. The summed E-state index contributed by atoms with van der Waals surface area (Å²) in [6, 6.07) is 13.7. The summed E-state index contributed by atoms with van der Waals surface area (Å²) in [4.78, 5) is 14.8. The molecule has 0 spiro atoms. The molecule has 2 aromatic rings. The number of amides is 1. The van der Waals surface area contributed by atoms with E-state index in [0.717, 1.165) is 31.4 Å². The van der Waals surface area contributed by atoms with Gasteiger partial charge in [0.05, 0.1) is 16.3 Å². The van der Waals surface area contributed by atoms with E-state index in [0.29, 0.717) is 11.3 Å². The lowest BCUT2D eigenvalue weighted by Crippen LogP contribution is -2.38. The van der Waals surface area contributed by atoms with Gasteiger partial charge >= 0.3 is 0 Å². The van der Waals surface area contributed by atoms with E-state index >= 15 is 0 Å². The molecule has 2 aromatic carbocycles. The third-order valence-electron chi connectivity index (χ3n) is 5.52. The Morgan fingerprint density at radius 2 is 1.55 bits per heavy atom. The van der Waals surface area contributed by atoms with Crippen LogP contribution in [0, 0.1) is 0 Å². The van der Waals surface area contributed by atoms with Gasteiger partial charge in [-0.2, -0.15) is 4.31 Å². The van der Waals surface area contributed by atoms with Gasteiger partial charge in [-0.05, 0) is 49.2 Å². The molecule has 1 amide bonds. The number of sulfonamides is 1. The molecule has 0 bridgehead atoms. The van der Waals surface area contributed by atoms with Gasteiger partial charge in [0.25, 0.3) is 5.91 Å². The second-order valence-corrected chi connectivity index (χ2v) is 9.70. The minimum Gasteiger partial charge on any atom is -0.376 e. The van der Waals surface area contributed by atoms with Crippen molar-refractivity contribution in [3.63, 3.8) is 0 Å². The first-order valence-corrected chi connectivity index (χ1v) is 11.4. The molecule has 0 radical (unpaired) electrons. The fourth-order valence-electron chi connectivity index (χ4n) is 3.75. The Morgan fingerprint density at radius 3 is 2.17 bits per heavy atom. The van der Waals surface area contributed by atoms with Gasteiger partial charge in [-0.3, -0.25) is 4.79 Å². The molecule has 7 heteroatoms. The number of anilines is 2. The summed E-state index contributed by atoms with van der Waals surface area (Å²) in [7, 11) is 1.91. The van der Waals surface area contributed by atoms with Gasteiger partial charge in [0, 0.05) is 32.7 Å². The van der Waals surface area contributed by atoms with Gasteiger partial charge in [0.2, 0.25) is 10.0 Å². The maximum absolute atomic E-state index is 12.9. The maximum Gasteiger partial charge on any atom is 0.255 e. The van der Waals surface area contributed by atoms with E-state index < -0.39 is 10.0 Å². The van der Waals surface area contributed by atoms with Crippen LogP contribution >= 0.6 is 0 Å². The smallest absolute Gasteiger partial charge is 0.255 e. The number of nitrogens with zero attached hydrogens (tertiary/aromatic N) is 2. The van der Waals surface area contributed by atoms with Crippen LogP contribution in [0.5, 0.6) is 0 Å². The Hall–Kier alpha value is -2.38. The van der Waals surface area contributed by atoms with Crippen LogP contribution in [0.25, 0.3) is 0 Å². The Kier molecular flexibility index (Phi) is 6.59. The second-order valence-electron chi connectivity index (χ2n) is 7.70. The molecule has 1 N–H and O–H groups in total. The van der Waals surface area contributed by atoms with E-state index in [2.05, 4.69) is 5.32 Å². The molecule has 6 nitrogen and oxygen atoms in total. The first-order chi connectivity index (χ1) is 13.8. The third-order valence-corrected chi connectivity index (χ3v) is 7.44. The Balaban J connectivity index is 1.75. The standard InChI is InChI=1S/C22H29N3O3S/c1-24(2)21-12-8-7-11-20(21)23-22(26)17-13-15-19(16-14-17)29(27,28)25(3)18-9-5-4-6-10-18/h7-8,11-16,18H,4-6,9-10H2,1-3H3,(H,23,26). The van der Waals surface area contributed by atoms with Crippen molar-refractivity contribution in [1.82, 2.24) is 4.31 Å². The van der Waals surface area contributed by atoms with Crippen molar-refractivity contribution in [2.75, 3.05) is 31.4 Å². The topological polar surface area (TPSA) is 69.7 Å². The second kappa shape index (κ2) is 8.97. The Bertz CT molecular complexity index is 950. The summed E-state index contributed by atoms with van der Waals surface area (Å²) < 4.78 is 27.4. The van der Waals surface area contributed by atoms with Crippen LogP contribution in [0.2, 0.25) is 0 Å². The highest BCUT2D eigenvalue weighted by Crippen LogP contribution is 2.27. The zero-order valence-electron chi connectivity index (χ0n) is 17.3. The van der Waals surface area contributed by atoms with Gasteiger partial charge in [-0.25, -0.2) is 8.42 Å². The van der Waals surface area contributed by atoms with E-state index in [9.17, 15) is 13.2 Å². The molecule has 1 aliphatic rings. The first-order valence-electron chi connectivity index (χ1n) is 9.96. The van der Waals surface area contributed by atoms with Crippen LogP contribution < -0.4 is 10.2 Å². The van der Waals surface area contributed by atoms with Gasteiger partial charge in [-0.1, -0.05) is 31.4 Å². The fourth-order valence-corrected chi connectivity index (χ4v) is 5.17. The van der Waals surface area contributed by atoms with Gasteiger partial charge in [0.15, 0.2) is 0 Å². The summed E-state index contributed by atoms with van der Waals surface area (Å²) in [5, 5.41) is 2.90. The van der Waals surface area contributed by atoms with Crippen LogP contribution in [0.3, 0.4) is 0 Å². The summed E-state index contributed by atoms with van der Waals surface area (Å²) in [5.41, 5.74) is 2.02. The number of carbonyl (C=O) groups excluding carboxylic acids is 1. The number of rotatable bonds is 6. The largest absolute Gasteiger partial charge is 0.376 e. The third kappa shape index (κ3) is 4.79. The zero-order chi connectivity index (χ0) is 21.0. The van der Waals surface area contributed by atoms with Crippen molar-refractivity contribution >= 4 is 27.3 Å². The van der Waals surface area contributed by atoms with E-state index in [1.54, 1.807) is 19.2 Å². The lowest BCUT2D eigenvalue weighted by molar-refractivity contribution is 0.102. The van der Waals surface area contributed by atoms with Gasteiger partial charge < -0.3 is 10.2 Å². The van der Waals surface area contributed by atoms with Gasteiger partial charge in [0.1, 0.15) is 0 Å². The normalized spacial score (nSPS) is 15.3. The number of hydrogen-bond acceptors (Lipinski definition) is 4. The highest BCUT2D eigenvalue weighted by Gasteiger charge is 2.29. The summed E-state index contributed by atoms with van der Waals surface area (Å²) in [5.74, 6) is -0.274.